The van der Waals surface area contributed by atoms with E-state index in [1.807, 2.05) is 0 Å². The first kappa shape index (κ1) is 17.5. The second-order valence-electron chi connectivity index (χ2n) is 5.10. The van der Waals surface area contributed by atoms with Gasteiger partial charge in [-0.3, -0.25) is 0 Å². The molecule has 1 heterocycles. The average Bonchev–Trinajstić information content (AvgIpc) is 2.46. The summed E-state index contributed by atoms with van der Waals surface area (Å²) < 4.78 is 5.03. The van der Waals surface area contributed by atoms with E-state index in [2.05, 4.69) is 12.2 Å². The van der Waals surface area contributed by atoms with Crippen molar-refractivity contribution in [2.45, 2.75) is 38.3 Å². The number of carboxylic acids is 2. The van der Waals surface area contributed by atoms with Gasteiger partial charge in [0.1, 0.15) is 5.70 Å². The molecule has 0 aromatic heterocycles. The highest BCUT2D eigenvalue weighted by atomic mass is 16.5. The molecule has 0 aliphatic carbocycles. The number of ether oxygens (including phenoxy) is 1. The molecule has 2 atom stereocenters. The van der Waals surface area contributed by atoms with Crippen molar-refractivity contribution in [3.05, 3.63) is 11.8 Å². The number of aliphatic carboxylic acids is 2. The van der Waals surface area contributed by atoms with Crippen LogP contribution in [-0.4, -0.2) is 65.9 Å². The van der Waals surface area contributed by atoms with Crippen molar-refractivity contribution in [1.82, 2.24) is 10.2 Å². The molecule has 7 heteroatoms. The third-order valence-corrected chi connectivity index (χ3v) is 3.73. The fraction of sp³-hybridized carbons (Fsp3) is 0.714. The Morgan fingerprint density at radius 3 is 2.67 bits per heavy atom. The number of carbonyl (C=O) groups is 2. The number of hydrogen-bond donors (Lipinski definition) is 3. The zero-order chi connectivity index (χ0) is 15.8. The predicted octanol–water partition coefficient (Wildman–Crippen LogP) is 0.519. The molecular weight excluding hydrogens is 276 g/mol. The summed E-state index contributed by atoms with van der Waals surface area (Å²) in [5.41, 5.74) is -0.179. The molecule has 1 aliphatic rings. The summed E-state index contributed by atoms with van der Waals surface area (Å²) in [6, 6.07) is 0.335. The fourth-order valence-electron chi connectivity index (χ4n) is 2.65. The Hall–Kier alpha value is -1.60. The van der Waals surface area contributed by atoms with Crippen molar-refractivity contribution >= 4 is 11.9 Å². The Kier molecular flexibility index (Phi) is 7.18. The van der Waals surface area contributed by atoms with Crippen LogP contribution < -0.4 is 5.32 Å². The van der Waals surface area contributed by atoms with Gasteiger partial charge in [0.15, 0.2) is 0 Å². The smallest absolute Gasteiger partial charge is 0.352 e. The van der Waals surface area contributed by atoms with Gasteiger partial charge in [-0.2, -0.15) is 0 Å². The van der Waals surface area contributed by atoms with Gasteiger partial charge in [0.2, 0.25) is 0 Å². The summed E-state index contributed by atoms with van der Waals surface area (Å²) in [5.74, 6) is -2.48. The van der Waals surface area contributed by atoms with Gasteiger partial charge in [-0.15, -0.1) is 0 Å². The zero-order valence-electron chi connectivity index (χ0n) is 12.5. The van der Waals surface area contributed by atoms with Gasteiger partial charge in [-0.1, -0.05) is 6.92 Å². The number of nitrogens with zero attached hydrogens (tertiary/aromatic N) is 1. The second kappa shape index (κ2) is 8.63. The lowest BCUT2D eigenvalue weighted by atomic mass is 9.95. The molecule has 21 heavy (non-hydrogen) atoms. The van der Waals surface area contributed by atoms with Crippen LogP contribution in [0.5, 0.6) is 0 Å². The van der Waals surface area contributed by atoms with E-state index in [4.69, 9.17) is 9.84 Å². The molecule has 0 saturated carbocycles. The van der Waals surface area contributed by atoms with Gasteiger partial charge in [0, 0.05) is 25.7 Å². The Balaban J connectivity index is 2.96. The van der Waals surface area contributed by atoms with Crippen LogP contribution >= 0.6 is 0 Å². The summed E-state index contributed by atoms with van der Waals surface area (Å²) in [6.45, 7) is 3.59. The van der Waals surface area contributed by atoms with Crippen molar-refractivity contribution in [3.8, 4) is 0 Å². The van der Waals surface area contributed by atoms with E-state index >= 15 is 0 Å². The molecule has 2 unspecified atom stereocenters. The molecule has 0 spiro atoms. The third-order valence-electron chi connectivity index (χ3n) is 3.73. The third kappa shape index (κ3) is 5.35. The largest absolute Gasteiger partial charge is 0.478 e. The summed E-state index contributed by atoms with van der Waals surface area (Å²) in [5, 5.41) is 21.6. The van der Waals surface area contributed by atoms with Gasteiger partial charge in [0.25, 0.3) is 0 Å². The SMILES string of the molecule is CCC1CC(N(CCOC)/C(=C/C(=O)O)C(=O)O)CCN1. The van der Waals surface area contributed by atoms with Crippen molar-refractivity contribution in [2.24, 2.45) is 0 Å². The maximum atomic E-state index is 11.4. The number of hydrogen-bond acceptors (Lipinski definition) is 5. The number of methoxy groups -OCH3 is 1. The number of piperidine rings is 1. The molecule has 120 valence electrons. The van der Waals surface area contributed by atoms with Gasteiger partial charge >= 0.3 is 11.9 Å². The number of rotatable bonds is 8. The van der Waals surface area contributed by atoms with Crippen LogP contribution in [0.3, 0.4) is 0 Å². The van der Waals surface area contributed by atoms with E-state index in [-0.39, 0.29) is 11.7 Å². The van der Waals surface area contributed by atoms with Crippen molar-refractivity contribution in [2.75, 3.05) is 26.8 Å². The van der Waals surface area contributed by atoms with Crippen LogP contribution in [0.1, 0.15) is 26.2 Å². The fourth-order valence-corrected chi connectivity index (χ4v) is 2.65. The molecular formula is C14H24N2O5. The van der Waals surface area contributed by atoms with Gasteiger partial charge in [-0.25, -0.2) is 9.59 Å². The normalized spacial score (nSPS) is 22.9. The maximum Gasteiger partial charge on any atom is 0.352 e. The van der Waals surface area contributed by atoms with E-state index in [0.29, 0.717) is 19.2 Å². The molecule has 0 amide bonds. The van der Waals surface area contributed by atoms with Gasteiger partial charge in [-0.05, 0) is 25.8 Å². The Morgan fingerprint density at radius 2 is 2.14 bits per heavy atom. The molecule has 3 N–H and O–H groups in total. The van der Waals surface area contributed by atoms with Crippen molar-refractivity contribution in [3.63, 3.8) is 0 Å². The molecule has 0 aromatic carbocycles. The first-order valence-electron chi connectivity index (χ1n) is 7.16. The van der Waals surface area contributed by atoms with E-state index < -0.39 is 11.9 Å². The van der Waals surface area contributed by atoms with Gasteiger partial charge in [0.05, 0.1) is 12.7 Å². The first-order valence-corrected chi connectivity index (χ1v) is 7.16. The molecule has 1 saturated heterocycles. The van der Waals surface area contributed by atoms with E-state index in [9.17, 15) is 14.7 Å². The van der Waals surface area contributed by atoms with Gasteiger partial charge < -0.3 is 25.2 Å². The minimum absolute atomic E-state index is 0.00745. The Labute approximate surface area is 124 Å². The molecule has 0 bridgehead atoms. The standard InChI is InChI=1S/C14H24N2O5/c1-3-10-8-11(4-5-15-10)16(6-7-21-2)12(14(19)20)9-13(17)18/h9-11,15H,3-8H2,1-2H3,(H,17,18)(H,19,20)/b12-9+. The Bertz CT molecular complexity index is 397. The quantitative estimate of drug-likeness (QED) is 0.562. The second-order valence-corrected chi connectivity index (χ2v) is 5.10. The van der Waals surface area contributed by atoms with E-state index in [0.717, 1.165) is 31.9 Å². The monoisotopic (exact) mass is 300 g/mol. The molecule has 0 radical (unpaired) electrons. The molecule has 0 aromatic rings. The van der Waals surface area contributed by atoms with Crippen LogP contribution in [-0.2, 0) is 14.3 Å². The topological polar surface area (TPSA) is 99.1 Å². The number of nitrogens with one attached hydrogen (secondary N) is 1. The summed E-state index contributed by atoms with van der Waals surface area (Å²) in [7, 11) is 1.54. The summed E-state index contributed by atoms with van der Waals surface area (Å²) in [6.07, 6.45) is 3.30. The predicted molar refractivity (Wildman–Crippen MR) is 77.0 cm³/mol. The lowest BCUT2D eigenvalue weighted by Gasteiger charge is -2.39. The van der Waals surface area contributed by atoms with Crippen LogP contribution in [0.15, 0.2) is 11.8 Å². The average molecular weight is 300 g/mol. The summed E-state index contributed by atoms with van der Waals surface area (Å²) in [4.78, 5) is 23.9. The summed E-state index contributed by atoms with van der Waals surface area (Å²) >= 11 is 0. The number of carboxylic acid groups (broad SMARTS) is 2. The maximum absolute atomic E-state index is 11.4. The minimum Gasteiger partial charge on any atom is -0.478 e. The zero-order valence-corrected chi connectivity index (χ0v) is 12.5. The molecule has 7 nitrogen and oxygen atoms in total. The van der Waals surface area contributed by atoms with Crippen LogP contribution in [0, 0.1) is 0 Å². The van der Waals surface area contributed by atoms with Crippen molar-refractivity contribution < 1.29 is 24.5 Å². The van der Waals surface area contributed by atoms with Crippen LogP contribution in [0.2, 0.25) is 0 Å². The molecule has 1 rings (SSSR count). The Morgan fingerprint density at radius 1 is 1.43 bits per heavy atom. The van der Waals surface area contributed by atoms with Crippen molar-refractivity contribution in [1.29, 1.82) is 0 Å². The van der Waals surface area contributed by atoms with Crippen LogP contribution in [0.4, 0.5) is 0 Å². The highest BCUT2D eigenvalue weighted by molar-refractivity contribution is 5.94. The lowest BCUT2D eigenvalue weighted by molar-refractivity contribution is -0.137. The first-order chi connectivity index (χ1) is 9.99. The molecule has 1 aliphatic heterocycles. The van der Waals surface area contributed by atoms with Crippen LogP contribution in [0.25, 0.3) is 0 Å². The lowest BCUT2D eigenvalue weighted by Crippen LogP contribution is -2.49. The van der Waals surface area contributed by atoms with E-state index in [1.54, 1.807) is 4.90 Å². The minimum atomic E-state index is -1.25. The van der Waals surface area contributed by atoms with E-state index in [1.165, 1.54) is 7.11 Å². The highest BCUT2D eigenvalue weighted by Gasteiger charge is 2.29. The molecule has 1 fully saturated rings. The highest BCUT2D eigenvalue weighted by Crippen LogP contribution is 2.21.